The van der Waals surface area contributed by atoms with Gasteiger partial charge in [0.1, 0.15) is 5.69 Å². The lowest BCUT2D eigenvalue weighted by Gasteiger charge is -2.05. The smallest absolute Gasteiger partial charge is 0.355 e. The molecule has 1 amide bonds. The van der Waals surface area contributed by atoms with Gasteiger partial charge in [-0.1, -0.05) is 0 Å². The molecule has 6 nitrogen and oxygen atoms in total. The minimum Gasteiger partial charge on any atom is -0.461 e. The molecule has 0 aliphatic carbocycles. The number of nitrogens with zero attached hydrogens (tertiary/aromatic N) is 2. The van der Waals surface area contributed by atoms with Crippen LogP contribution < -0.4 is 5.32 Å². The molecule has 7 heteroatoms. The molecule has 0 atom stereocenters. The highest BCUT2D eigenvalue weighted by molar-refractivity contribution is 7.13. The average Bonchev–Trinajstić information content (AvgIpc) is 2.98. The average molecular weight is 307 g/mol. The van der Waals surface area contributed by atoms with Gasteiger partial charge in [0.25, 0.3) is 5.91 Å². The molecule has 1 N–H and O–H groups in total. The third-order valence-corrected chi connectivity index (χ3v) is 3.97. The molecular weight excluding hydrogens is 290 g/mol. The van der Waals surface area contributed by atoms with Crippen molar-refractivity contribution in [2.45, 2.75) is 20.8 Å². The second kappa shape index (κ2) is 6.09. The van der Waals surface area contributed by atoms with Crippen LogP contribution in [0, 0.1) is 13.8 Å². The highest BCUT2D eigenvalue weighted by atomic mass is 32.1. The van der Waals surface area contributed by atoms with Crippen molar-refractivity contribution in [3.63, 3.8) is 0 Å². The molecular formula is C14H17N3O3S. The van der Waals surface area contributed by atoms with Crippen LogP contribution in [0.5, 0.6) is 0 Å². The van der Waals surface area contributed by atoms with E-state index in [-0.39, 0.29) is 5.91 Å². The fourth-order valence-corrected chi connectivity index (χ4v) is 2.77. The molecule has 2 heterocycles. The number of rotatable bonds is 4. The first-order valence-electron chi connectivity index (χ1n) is 6.51. The second-order valence-electron chi connectivity index (χ2n) is 4.50. The number of esters is 1. The first kappa shape index (κ1) is 15.2. The lowest BCUT2D eigenvalue weighted by molar-refractivity contribution is 0.0514. The molecule has 0 bridgehead atoms. The normalized spacial score (nSPS) is 10.5. The number of hydrogen-bond acceptors (Lipinski definition) is 5. The molecule has 0 aromatic carbocycles. The zero-order valence-electron chi connectivity index (χ0n) is 12.4. The van der Waals surface area contributed by atoms with E-state index in [0.29, 0.717) is 34.3 Å². The fourth-order valence-electron chi connectivity index (χ4n) is 2.25. The van der Waals surface area contributed by atoms with E-state index in [4.69, 9.17) is 4.74 Å². The van der Waals surface area contributed by atoms with Crippen LogP contribution in [0.3, 0.4) is 0 Å². The summed E-state index contributed by atoms with van der Waals surface area (Å²) in [6, 6.07) is 0. The van der Waals surface area contributed by atoms with E-state index < -0.39 is 5.97 Å². The van der Waals surface area contributed by atoms with Crippen LogP contribution in [0.25, 0.3) is 0 Å². The van der Waals surface area contributed by atoms with Gasteiger partial charge in [-0.05, 0) is 26.3 Å². The highest BCUT2D eigenvalue weighted by Gasteiger charge is 2.25. The van der Waals surface area contributed by atoms with E-state index in [1.54, 1.807) is 44.0 Å². The Balaban J connectivity index is 2.38. The zero-order chi connectivity index (χ0) is 15.6. The maximum absolute atomic E-state index is 12.4. The Bertz CT molecular complexity index is 674. The number of amides is 1. The van der Waals surface area contributed by atoms with E-state index in [0.717, 1.165) is 0 Å². The monoisotopic (exact) mass is 307 g/mol. The molecule has 0 saturated heterocycles. The van der Waals surface area contributed by atoms with Gasteiger partial charge < -0.3 is 9.30 Å². The number of thiazole rings is 1. The topological polar surface area (TPSA) is 73.2 Å². The van der Waals surface area contributed by atoms with Crippen molar-refractivity contribution < 1.29 is 14.3 Å². The molecule has 0 spiro atoms. The van der Waals surface area contributed by atoms with Gasteiger partial charge in [0.15, 0.2) is 5.13 Å². The van der Waals surface area contributed by atoms with Gasteiger partial charge in [-0.2, -0.15) is 0 Å². The van der Waals surface area contributed by atoms with Crippen molar-refractivity contribution in [1.82, 2.24) is 9.55 Å². The van der Waals surface area contributed by atoms with Crippen molar-refractivity contribution >= 4 is 28.3 Å². The summed E-state index contributed by atoms with van der Waals surface area (Å²) in [5.74, 6) is -0.694. The van der Waals surface area contributed by atoms with Gasteiger partial charge >= 0.3 is 5.97 Å². The molecule has 21 heavy (non-hydrogen) atoms. The van der Waals surface area contributed by atoms with Gasteiger partial charge in [0.05, 0.1) is 12.2 Å². The lowest BCUT2D eigenvalue weighted by Crippen LogP contribution is -2.14. The number of nitrogens with one attached hydrogen (secondary N) is 1. The Morgan fingerprint density at radius 3 is 2.71 bits per heavy atom. The molecule has 0 radical (unpaired) electrons. The quantitative estimate of drug-likeness (QED) is 0.881. The van der Waals surface area contributed by atoms with Crippen molar-refractivity contribution in [2.24, 2.45) is 7.05 Å². The first-order chi connectivity index (χ1) is 9.97. The molecule has 2 rings (SSSR count). The molecule has 112 valence electrons. The first-order valence-corrected chi connectivity index (χ1v) is 7.39. The number of ether oxygens (including phenoxy) is 1. The van der Waals surface area contributed by atoms with Gasteiger partial charge in [0.2, 0.25) is 0 Å². The standard InChI is InChI=1S/C14H17N3O3S/c1-5-20-13(19)11-8(2)10(9(3)17(11)4)12(18)16-14-15-6-7-21-14/h6-7H,5H2,1-4H3,(H,15,16,18). The van der Waals surface area contributed by atoms with Gasteiger partial charge in [-0.15, -0.1) is 11.3 Å². The van der Waals surface area contributed by atoms with Crippen molar-refractivity contribution in [2.75, 3.05) is 11.9 Å². The molecule has 0 aliphatic heterocycles. The van der Waals surface area contributed by atoms with Crippen LogP contribution in [0.4, 0.5) is 5.13 Å². The van der Waals surface area contributed by atoms with Crippen LogP contribution in [-0.4, -0.2) is 28.0 Å². The van der Waals surface area contributed by atoms with Crippen molar-refractivity contribution in [1.29, 1.82) is 0 Å². The summed E-state index contributed by atoms with van der Waals surface area (Å²) < 4.78 is 6.73. The summed E-state index contributed by atoms with van der Waals surface area (Å²) in [5, 5.41) is 5.04. The third-order valence-electron chi connectivity index (χ3n) is 3.28. The predicted octanol–water partition coefficient (Wildman–Crippen LogP) is 2.53. The minimum atomic E-state index is -0.422. The number of carbonyl (C=O) groups excluding carboxylic acids is 2. The van der Waals surface area contributed by atoms with Gasteiger partial charge in [-0.3, -0.25) is 10.1 Å². The van der Waals surface area contributed by atoms with E-state index in [2.05, 4.69) is 10.3 Å². The Morgan fingerprint density at radius 1 is 1.43 bits per heavy atom. The van der Waals surface area contributed by atoms with Crippen LogP contribution in [0.2, 0.25) is 0 Å². The highest BCUT2D eigenvalue weighted by Crippen LogP contribution is 2.23. The fraction of sp³-hybridized carbons (Fsp3) is 0.357. The van der Waals surface area contributed by atoms with Crippen molar-refractivity contribution in [3.8, 4) is 0 Å². The minimum absolute atomic E-state index is 0.272. The predicted molar refractivity (Wildman–Crippen MR) is 80.9 cm³/mol. The number of aromatic nitrogens is 2. The SMILES string of the molecule is CCOC(=O)c1c(C)c(C(=O)Nc2nccs2)c(C)n1C. The molecule has 0 saturated carbocycles. The van der Waals surface area contributed by atoms with E-state index in [1.165, 1.54) is 11.3 Å². The molecule has 0 aliphatic rings. The summed E-state index contributed by atoms with van der Waals surface area (Å²) in [5.41, 5.74) is 2.21. The molecule has 0 fully saturated rings. The van der Waals surface area contributed by atoms with Crippen LogP contribution in [-0.2, 0) is 11.8 Å². The Labute approximate surface area is 126 Å². The third kappa shape index (κ3) is 2.82. The maximum atomic E-state index is 12.4. The maximum Gasteiger partial charge on any atom is 0.355 e. The second-order valence-corrected chi connectivity index (χ2v) is 5.40. The Hall–Kier alpha value is -2.15. The van der Waals surface area contributed by atoms with Gasteiger partial charge in [0, 0.05) is 24.3 Å². The largest absolute Gasteiger partial charge is 0.461 e. The van der Waals surface area contributed by atoms with Crippen molar-refractivity contribution in [3.05, 3.63) is 34.1 Å². The van der Waals surface area contributed by atoms with Crippen LogP contribution >= 0.6 is 11.3 Å². The van der Waals surface area contributed by atoms with E-state index >= 15 is 0 Å². The summed E-state index contributed by atoms with van der Waals surface area (Å²) in [6.45, 7) is 5.59. The summed E-state index contributed by atoms with van der Waals surface area (Å²) in [7, 11) is 1.74. The zero-order valence-corrected chi connectivity index (χ0v) is 13.2. The number of hydrogen-bond donors (Lipinski definition) is 1. The lowest BCUT2D eigenvalue weighted by atomic mass is 10.1. The van der Waals surface area contributed by atoms with Crippen LogP contribution in [0.1, 0.15) is 39.0 Å². The Kier molecular flexibility index (Phi) is 4.42. The number of carbonyl (C=O) groups is 2. The molecule has 0 unspecified atom stereocenters. The summed E-state index contributed by atoms with van der Waals surface area (Å²) in [4.78, 5) is 28.4. The molecule has 2 aromatic heterocycles. The van der Waals surface area contributed by atoms with Crippen LogP contribution in [0.15, 0.2) is 11.6 Å². The van der Waals surface area contributed by atoms with Gasteiger partial charge in [-0.25, -0.2) is 9.78 Å². The summed E-state index contributed by atoms with van der Waals surface area (Å²) in [6.07, 6.45) is 1.62. The molecule has 2 aromatic rings. The Morgan fingerprint density at radius 2 is 2.14 bits per heavy atom. The van der Waals surface area contributed by atoms with E-state index in [1.807, 2.05) is 0 Å². The summed E-state index contributed by atoms with van der Waals surface area (Å²) >= 11 is 1.34. The van der Waals surface area contributed by atoms with E-state index in [9.17, 15) is 9.59 Å². The number of anilines is 1.